The highest BCUT2D eigenvalue weighted by molar-refractivity contribution is 7.88. The molecule has 112 valence electrons. The summed E-state index contributed by atoms with van der Waals surface area (Å²) < 4.78 is 32.5. The van der Waals surface area contributed by atoms with Gasteiger partial charge in [0.2, 0.25) is 0 Å². The zero-order chi connectivity index (χ0) is 14.5. The molecule has 1 saturated carbocycles. The van der Waals surface area contributed by atoms with E-state index in [0.717, 1.165) is 25.7 Å². The Morgan fingerprint density at radius 1 is 1.16 bits per heavy atom. The Balaban J connectivity index is 2.41. The molecular weight excluding hydrogens is 270 g/mol. The molecule has 3 N–H and O–H groups in total. The summed E-state index contributed by atoms with van der Waals surface area (Å²) in [6.45, 7) is 3.30. The highest BCUT2D eigenvalue weighted by Crippen LogP contribution is 2.18. The molecule has 0 aromatic heterocycles. The number of carbonyl (C=O) groups excluding carboxylic acids is 1. The maximum absolute atomic E-state index is 11.7. The summed E-state index contributed by atoms with van der Waals surface area (Å²) in [5.74, 6) is 0. The van der Waals surface area contributed by atoms with Crippen molar-refractivity contribution in [1.82, 2.24) is 14.8 Å². The molecule has 0 aromatic rings. The molecular formula is C11H23N3O4S. The van der Waals surface area contributed by atoms with Crippen LogP contribution in [0.3, 0.4) is 0 Å². The van der Waals surface area contributed by atoms with Crippen molar-refractivity contribution >= 4 is 16.3 Å². The first-order valence-electron chi connectivity index (χ1n) is 6.50. The number of amides is 1. The molecule has 0 radical (unpaired) electrons. The average Bonchev–Trinajstić information content (AvgIpc) is 2.27. The Hall–Kier alpha value is -0.860. The second-order valence-electron chi connectivity index (χ2n) is 5.01. The van der Waals surface area contributed by atoms with Gasteiger partial charge in [-0.25, -0.2) is 9.52 Å². The van der Waals surface area contributed by atoms with Crippen molar-refractivity contribution in [3.05, 3.63) is 0 Å². The molecule has 0 aliphatic heterocycles. The molecule has 19 heavy (non-hydrogen) atoms. The van der Waals surface area contributed by atoms with Crippen LogP contribution in [0.1, 0.15) is 39.5 Å². The zero-order valence-corrected chi connectivity index (χ0v) is 12.4. The van der Waals surface area contributed by atoms with Crippen LogP contribution in [-0.4, -0.2) is 39.7 Å². The second kappa shape index (κ2) is 7.06. The minimum Gasteiger partial charge on any atom is -0.446 e. The smallest absolute Gasteiger partial charge is 0.422 e. The van der Waals surface area contributed by atoms with Gasteiger partial charge in [0.25, 0.3) is 0 Å². The van der Waals surface area contributed by atoms with Gasteiger partial charge in [-0.1, -0.05) is 0 Å². The summed E-state index contributed by atoms with van der Waals surface area (Å²) in [5, 5.41) is 3.17. The monoisotopic (exact) mass is 293 g/mol. The van der Waals surface area contributed by atoms with Gasteiger partial charge in [-0.05, 0) is 46.6 Å². The van der Waals surface area contributed by atoms with Crippen molar-refractivity contribution in [2.45, 2.75) is 57.7 Å². The third kappa shape index (κ3) is 6.22. The average molecular weight is 293 g/mol. The predicted octanol–water partition coefficient (Wildman–Crippen LogP) is 0.486. The first-order chi connectivity index (χ1) is 8.82. The molecule has 0 atom stereocenters. The van der Waals surface area contributed by atoms with Crippen molar-refractivity contribution in [3.8, 4) is 0 Å². The minimum absolute atomic E-state index is 0.131. The van der Waals surface area contributed by atoms with Gasteiger partial charge >= 0.3 is 16.3 Å². The Kier molecular flexibility index (Phi) is 6.02. The largest absolute Gasteiger partial charge is 0.446 e. The van der Waals surface area contributed by atoms with Crippen molar-refractivity contribution in [2.24, 2.45) is 0 Å². The third-order valence-corrected chi connectivity index (χ3v) is 4.10. The Bertz CT molecular complexity index is 389. The first kappa shape index (κ1) is 16.2. The van der Waals surface area contributed by atoms with Gasteiger partial charge in [0.15, 0.2) is 0 Å². The van der Waals surface area contributed by atoms with Crippen LogP contribution < -0.4 is 14.8 Å². The van der Waals surface area contributed by atoms with E-state index in [1.807, 2.05) is 11.8 Å². The summed E-state index contributed by atoms with van der Waals surface area (Å²) in [4.78, 5) is 11.2. The number of rotatable bonds is 5. The van der Waals surface area contributed by atoms with Crippen molar-refractivity contribution in [2.75, 3.05) is 7.05 Å². The van der Waals surface area contributed by atoms with Gasteiger partial charge in [0.05, 0.1) is 6.10 Å². The Labute approximate surface area is 114 Å². The molecule has 0 spiro atoms. The fraction of sp³-hybridized carbons (Fsp3) is 0.909. The first-order valence-corrected chi connectivity index (χ1v) is 7.98. The van der Waals surface area contributed by atoms with Crippen LogP contribution in [0.15, 0.2) is 0 Å². The molecule has 1 aliphatic rings. The van der Waals surface area contributed by atoms with E-state index in [2.05, 4.69) is 10.0 Å². The van der Waals surface area contributed by atoms with Crippen LogP contribution in [0, 0.1) is 0 Å². The molecule has 0 aromatic carbocycles. The lowest BCUT2D eigenvalue weighted by molar-refractivity contribution is 0.121. The summed E-state index contributed by atoms with van der Waals surface area (Å²) in [6, 6.07) is 0.313. The van der Waals surface area contributed by atoms with Gasteiger partial charge in [-0.15, -0.1) is 0 Å². The summed E-state index contributed by atoms with van der Waals surface area (Å²) in [5.41, 5.74) is 0. The van der Waals surface area contributed by atoms with E-state index in [1.165, 1.54) is 0 Å². The molecule has 1 amide bonds. The number of ether oxygens (including phenoxy) is 1. The number of nitrogens with one attached hydrogen (secondary N) is 3. The molecule has 8 heteroatoms. The zero-order valence-electron chi connectivity index (χ0n) is 11.6. The summed E-state index contributed by atoms with van der Waals surface area (Å²) in [7, 11) is -1.94. The van der Waals surface area contributed by atoms with Crippen molar-refractivity contribution in [1.29, 1.82) is 0 Å². The van der Waals surface area contributed by atoms with Gasteiger partial charge in [0.1, 0.15) is 0 Å². The molecule has 1 aliphatic carbocycles. The Morgan fingerprint density at radius 2 is 1.68 bits per heavy atom. The predicted molar refractivity (Wildman–Crippen MR) is 71.9 cm³/mol. The Morgan fingerprint density at radius 3 is 2.16 bits per heavy atom. The topological polar surface area (TPSA) is 96.5 Å². The lowest BCUT2D eigenvalue weighted by atomic mass is 9.92. The van der Waals surface area contributed by atoms with Crippen LogP contribution in [0.2, 0.25) is 0 Å². The number of hydrogen-bond acceptors (Lipinski definition) is 5. The lowest BCUT2D eigenvalue weighted by Crippen LogP contribution is -2.47. The maximum atomic E-state index is 11.7. The normalized spacial score (nSPS) is 24.2. The van der Waals surface area contributed by atoms with Gasteiger partial charge in [-0.3, -0.25) is 0 Å². The van der Waals surface area contributed by atoms with Crippen LogP contribution in [0.5, 0.6) is 0 Å². The summed E-state index contributed by atoms with van der Waals surface area (Å²) in [6.07, 6.45) is 2.03. The van der Waals surface area contributed by atoms with Crippen LogP contribution in [0.4, 0.5) is 4.79 Å². The van der Waals surface area contributed by atoms with Crippen LogP contribution in [-0.2, 0) is 14.9 Å². The number of carbonyl (C=O) groups is 1. The second-order valence-corrected chi connectivity index (χ2v) is 6.46. The maximum Gasteiger partial charge on any atom is 0.422 e. The highest BCUT2D eigenvalue weighted by atomic mass is 32.2. The van der Waals surface area contributed by atoms with E-state index >= 15 is 0 Å². The van der Waals surface area contributed by atoms with E-state index in [9.17, 15) is 13.2 Å². The van der Waals surface area contributed by atoms with Gasteiger partial charge in [-0.2, -0.15) is 13.1 Å². The molecule has 0 saturated heterocycles. The standard InChI is InChI=1S/C11H23N3O4S/c1-8(2)18-11(15)14-19(16,17)13-10-6-4-9(12-3)5-7-10/h8-10,12-13H,4-7H2,1-3H3,(H,14,15). The quantitative estimate of drug-likeness (QED) is 0.685. The molecule has 7 nitrogen and oxygen atoms in total. The van der Waals surface area contributed by atoms with Crippen LogP contribution in [0.25, 0.3) is 0 Å². The van der Waals surface area contributed by atoms with E-state index in [-0.39, 0.29) is 12.1 Å². The molecule has 1 rings (SSSR count). The fourth-order valence-electron chi connectivity index (χ4n) is 2.10. The van der Waals surface area contributed by atoms with Crippen molar-refractivity contribution < 1.29 is 17.9 Å². The fourth-order valence-corrected chi connectivity index (χ4v) is 3.10. The van der Waals surface area contributed by atoms with E-state index in [4.69, 9.17) is 4.74 Å². The van der Waals surface area contributed by atoms with E-state index in [0.29, 0.717) is 6.04 Å². The minimum atomic E-state index is -3.85. The molecule has 0 unspecified atom stereocenters. The van der Waals surface area contributed by atoms with Gasteiger partial charge in [0, 0.05) is 12.1 Å². The van der Waals surface area contributed by atoms with Crippen LogP contribution >= 0.6 is 0 Å². The highest BCUT2D eigenvalue weighted by Gasteiger charge is 2.25. The van der Waals surface area contributed by atoms with E-state index < -0.39 is 16.3 Å². The third-order valence-electron chi connectivity index (χ3n) is 3.02. The number of hydrogen-bond donors (Lipinski definition) is 3. The molecule has 0 bridgehead atoms. The lowest BCUT2D eigenvalue weighted by Gasteiger charge is -2.28. The van der Waals surface area contributed by atoms with Gasteiger partial charge < -0.3 is 10.1 Å². The van der Waals surface area contributed by atoms with Crippen molar-refractivity contribution in [3.63, 3.8) is 0 Å². The van der Waals surface area contributed by atoms with E-state index in [1.54, 1.807) is 13.8 Å². The SMILES string of the molecule is CNC1CCC(NS(=O)(=O)NC(=O)OC(C)C)CC1. The summed E-state index contributed by atoms with van der Waals surface area (Å²) >= 11 is 0. The molecule has 1 fully saturated rings. The molecule has 0 heterocycles.